The molecule has 0 saturated heterocycles. The molecule has 92 valence electrons. The highest BCUT2D eigenvalue weighted by Gasteiger charge is 2.40. The topological polar surface area (TPSA) is 58.5 Å². The fourth-order valence-electron chi connectivity index (χ4n) is 2.63. The number of benzene rings is 1. The SMILES string of the molecule is O=C=NC1(c2cc(F)c3c(c2)CC(=O)N3)CCC1. The van der Waals surface area contributed by atoms with Gasteiger partial charge in [0.2, 0.25) is 12.0 Å². The molecule has 1 fully saturated rings. The normalized spacial score (nSPS) is 19.5. The molecule has 0 atom stereocenters. The van der Waals surface area contributed by atoms with Crippen LogP contribution in [0.1, 0.15) is 30.4 Å². The maximum absolute atomic E-state index is 13.9. The van der Waals surface area contributed by atoms with E-state index in [1.54, 1.807) is 12.1 Å². The predicted molar refractivity (Wildman–Crippen MR) is 62.4 cm³/mol. The van der Waals surface area contributed by atoms with Crippen LogP contribution in [0.25, 0.3) is 0 Å². The first kappa shape index (κ1) is 11.1. The molecule has 0 unspecified atom stereocenters. The van der Waals surface area contributed by atoms with Gasteiger partial charge in [0.1, 0.15) is 5.82 Å². The van der Waals surface area contributed by atoms with Gasteiger partial charge in [0.25, 0.3) is 0 Å². The number of rotatable bonds is 2. The van der Waals surface area contributed by atoms with Crippen LogP contribution in [0.2, 0.25) is 0 Å². The Morgan fingerprint density at radius 2 is 2.17 bits per heavy atom. The minimum Gasteiger partial charge on any atom is -0.323 e. The molecule has 2 aliphatic rings. The van der Waals surface area contributed by atoms with E-state index in [-0.39, 0.29) is 18.0 Å². The number of nitrogens with one attached hydrogen (secondary N) is 1. The molecule has 1 heterocycles. The molecule has 0 radical (unpaired) electrons. The molecule has 1 aliphatic heterocycles. The molecule has 0 aromatic heterocycles. The molecular weight excluding hydrogens is 235 g/mol. The second-order valence-corrected chi connectivity index (χ2v) is 4.81. The van der Waals surface area contributed by atoms with Gasteiger partial charge in [-0.15, -0.1) is 0 Å². The lowest BCUT2D eigenvalue weighted by molar-refractivity contribution is -0.115. The van der Waals surface area contributed by atoms with Crippen molar-refractivity contribution in [3.63, 3.8) is 0 Å². The molecule has 5 heteroatoms. The minimum absolute atomic E-state index is 0.182. The standard InChI is InChI=1S/C13H11FN2O2/c14-10-6-9(13(15-7-17)2-1-3-13)4-8-5-11(18)16-12(8)10/h4,6H,1-3,5H2,(H,16,18). The van der Waals surface area contributed by atoms with Crippen LogP contribution in [0.5, 0.6) is 0 Å². The quantitative estimate of drug-likeness (QED) is 0.641. The third-order valence-electron chi connectivity index (χ3n) is 3.77. The highest BCUT2D eigenvalue weighted by molar-refractivity contribution is 5.99. The van der Waals surface area contributed by atoms with Crippen molar-refractivity contribution in [2.75, 3.05) is 5.32 Å². The van der Waals surface area contributed by atoms with Gasteiger partial charge in [-0.2, -0.15) is 4.99 Å². The van der Waals surface area contributed by atoms with Crippen molar-refractivity contribution in [1.29, 1.82) is 0 Å². The van der Waals surface area contributed by atoms with E-state index in [0.717, 1.165) is 19.3 Å². The third kappa shape index (κ3) is 1.48. The molecule has 1 saturated carbocycles. The van der Waals surface area contributed by atoms with Crippen molar-refractivity contribution >= 4 is 17.7 Å². The highest BCUT2D eigenvalue weighted by Crippen LogP contribution is 2.46. The zero-order valence-electron chi connectivity index (χ0n) is 9.62. The molecule has 1 aromatic rings. The minimum atomic E-state index is -0.622. The van der Waals surface area contributed by atoms with Crippen LogP contribution < -0.4 is 5.32 Å². The van der Waals surface area contributed by atoms with E-state index < -0.39 is 11.4 Å². The Labute approximate surface area is 103 Å². The molecule has 1 aliphatic carbocycles. The van der Waals surface area contributed by atoms with Crippen molar-refractivity contribution < 1.29 is 14.0 Å². The Hall–Kier alpha value is -2.00. The van der Waals surface area contributed by atoms with Crippen molar-refractivity contribution in [1.82, 2.24) is 0 Å². The molecule has 4 nitrogen and oxygen atoms in total. The lowest BCUT2D eigenvalue weighted by atomic mass is 9.72. The molecule has 0 spiro atoms. The lowest BCUT2D eigenvalue weighted by Crippen LogP contribution is -2.32. The summed E-state index contributed by atoms with van der Waals surface area (Å²) >= 11 is 0. The number of carbonyl (C=O) groups is 1. The smallest absolute Gasteiger partial charge is 0.235 e. The predicted octanol–water partition coefficient (Wildman–Crippen LogP) is 2.04. The summed E-state index contributed by atoms with van der Waals surface area (Å²) in [5.74, 6) is -0.664. The summed E-state index contributed by atoms with van der Waals surface area (Å²) in [6.07, 6.45) is 4.16. The molecule has 0 bridgehead atoms. The van der Waals surface area contributed by atoms with E-state index in [1.807, 2.05) is 0 Å². The summed E-state index contributed by atoms with van der Waals surface area (Å²) in [5, 5.41) is 2.49. The van der Waals surface area contributed by atoms with Gasteiger partial charge in [0.05, 0.1) is 17.6 Å². The second kappa shape index (κ2) is 3.75. The molecule has 1 amide bonds. The third-order valence-corrected chi connectivity index (χ3v) is 3.77. The fraction of sp³-hybridized carbons (Fsp3) is 0.385. The van der Waals surface area contributed by atoms with E-state index in [1.165, 1.54) is 6.07 Å². The number of anilines is 1. The van der Waals surface area contributed by atoms with Crippen LogP contribution in [-0.4, -0.2) is 12.0 Å². The van der Waals surface area contributed by atoms with Crippen molar-refractivity contribution in [2.24, 2.45) is 4.99 Å². The van der Waals surface area contributed by atoms with Crippen molar-refractivity contribution in [3.05, 3.63) is 29.1 Å². The van der Waals surface area contributed by atoms with E-state index in [4.69, 9.17) is 0 Å². The number of nitrogens with zero attached hydrogens (tertiary/aromatic N) is 1. The maximum Gasteiger partial charge on any atom is 0.235 e. The van der Waals surface area contributed by atoms with Gasteiger partial charge in [-0.1, -0.05) is 6.07 Å². The first-order valence-electron chi connectivity index (χ1n) is 5.86. The second-order valence-electron chi connectivity index (χ2n) is 4.81. The highest BCUT2D eigenvalue weighted by atomic mass is 19.1. The summed E-state index contributed by atoms with van der Waals surface area (Å²) in [5.41, 5.74) is 0.948. The van der Waals surface area contributed by atoms with Crippen LogP contribution in [0.4, 0.5) is 10.1 Å². The van der Waals surface area contributed by atoms with Gasteiger partial charge in [-0.3, -0.25) is 4.79 Å². The molecule has 1 aromatic carbocycles. The number of halogens is 1. The van der Waals surface area contributed by atoms with E-state index >= 15 is 0 Å². The Kier molecular flexibility index (Phi) is 2.31. The van der Waals surface area contributed by atoms with Crippen LogP contribution in [0, 0.1) is 5.82 Å². The average Bonchev–Trinajstić information content (AvgIpc) is 2.64. The van der Waals surface area contributed by atoms with Crippen LogP contribution in [-0.2, 0) is 21.5 Å². The summed E-state index contributed by atoms with van der Waals surface area (Å²) in [6.45, 7) is 0. The number of carbonyl (C=O) groups excluding carboxylic acids is 2. The van der Waals surface area contributed by atoms with Gasteiger partial charge in [0.15, 0.2) is 0 Å². The molecule has 3 rings (SSSR count). The molecule has 1 N–H and O–H groups in total. The van der Waals surface area contributed by atoms with Crippen LogP contribution >= 0.6 is 0 Å². The number of isocyanates is 1. The number of amides is 1. The van der Waals surface area contributed by atoms with Crippen molar-refractivity contribution in [3.8, 4) is 0 Å². The lowest BCUT2D eigenvalue weighted by Gasteiger charge is -2.37. The first-order valence-corrected chi connectivity index (χ1v) is 5.86. The number of fused-ring (bicyclic) bond motifs is 1. The molecule has 18 heavy (non-hydrogen) atoms. The average molecular weight is 246 g/mol. The Bertz CT molecular complexity index is 587. The summed E-state index contributed by atoms with van der Waals surface area (Å²) < 4.78 is 13.9. The Morgan fingerprint density at radius 3 is 2.78 bits per heavy atom. The summed E-state index contributed by atoms with van der Waals surface area (Å²) in [4.78, 5) is 25.6. The van der Waals surface area contributed by atoms with Gasteiger partial charge in [-0.05, 0) is 36.5 Å². The number of hydrogen-bond acceptors (Lipinski definition) is 3. The van der Waals surface area contributed by atoms with Crippen LogP contribution in [0.3, 0.4) is 0 Å². The monoisotopic (exact) mass is 246 g/mol. The molecular formula is C13H11FN2O2. The van der Waals surface area contributed by atoms with Gasteiger partial charge in [0, 0.05) is 0 Å². The maximum atomic E-state index is 13.9. The zero-order chi connectivity index (χ0) is 12.8. The summed E-state index contributed by atoms with van der Waals surface area (Å²) in [7, 11) is 0. The number of aliphatic imine (C=N–C) groups is 1. The Balaban J connectivity index is 2.10. The first-order chi connectivity index (χ1) is 8.64. The largest absolute Gasteiger partial charge is 0.323 e. The van der Waals surface area contributed by atoms with E-state index in [2.05, 4.69) is 10.3 Å². The van der Waals surface area contributed by atoms with E-state index in [0.29, 0.717) is 11.1 Å². The van der Waals surface area contributed by atoms with Gasteiger partial charge >= 0.3 is 0 Å². The Morgan fingerprint density at radius 1 is 1.39 bits per heavy atom. The fourth-order valence-corrected chi connectivity index (χ4v) is 2.63. The number of hydrogen-bond donors (Lipinski definition) is 1. The zero-order valence-corrected chi connectivity index (χ0v) is 9.62. The van der Waals surface area contributed by atoms with Gasteiger partial charge < -0.3 is 5.32 Å². The van der Waals surface area contributed by atoms with Crippen molar-refractivity contribution in [2.45, 2.75) is 31.2 Å². The van der Waals surface area contributed by atoms with Crippen LogP contribution in [0.15, 0.2) is 17.1 Å². The van der Waals surface area contributed by atoms with Gasteiger partial charge in [-0.25, -0.2) is 9.18 Å². The van der Waals surface area contributed by atoms with E-state index in [9.17, 15) is 14.0 Å². The summed E-state index contributed by atoms with van der Waals surface area (Å²) in [6, 6.07) is 3.14.